The Morgan fingerprint density at radius 3 is 2.25 bits per heavy atom. The Morgan fingerprint density at radius 1 is 0.792 bits per heavy atom. The molecule has 0 unspecified atom stereocenters. The van der Waals surface area contributed by atoms with Gasteiger partial charge in [-0.15, -0.1) is 0 Å². The number of carbonyl (C=O) groups is 2. The number of nitrogens with zero attached hydrogens (tertiary/aromatic N) is 3. The van der Waals surface area contributed by atoms with Gasteiger partial charge in [-0.05, 0) is 130 Å². The largest absolute Gasteiger partial charge is 0.353 e. The zero-order chi connectivity index (χ0) is 33.3. The van der Waals surface area contributed by atoms with Crippen molar-refractivity contribution in [3.63, 3.8) is 0 Å². The lowest BCUT2D eigenvalue weighted by atomic mass is 9.44. The normalized spacial score (nSPS) is 47.8. The number of rotatable bonds is 6. The molecule has 1 spiro atoms. The quantitative estimate of drug-likeness (QED) is 0.375. The summed E-state index contributed by atoms with van der Waals surface area (Å²) in [6.45, 7) is 18.9. The molecule has 4 saturated carbocycles. The molecule has 2 amide bonds. The highest BCUT2D eigenvalue weighted by Crippen LogP contribution is 2.71. The first-order valence-corrected chi connectivity index (χ1v) is 20.4. The second-order valence-electron chi connectivity index (χ2n) is 18.7. The Bertz CT molecular complexity index is 1190. The van der Waals surface area contributed by atoms with Gasteiger partial charge >= 0.3 is 0 Å². The molecule has 4 heterocycles. The molecule has 0 aromatic carbocycles. The third-order valence-electron chi connectivity index (χ3n) is 16.3. The van der Waals surface area contributed by atoms with Crippen molar-refractivity contribution in [1.29, 1.82) is 0 Å². The molecule has 0 aromatic rings. The molecule has 8 aliphatic rings. The van der Waals surface area contributed by atoms with Gasteiger partial charge in [0.05, 0.1) is 12.7 Å². The van der Waals surface area contributed by atoms with Crippen LogP contribution in [0.2, 0.25) is 0 Å². The highest BCUT2D eigenvalue weighted by molar-refractivity contribution is 5.97. The maximum atomic E-state index is 13.2. The molecule has 4 aliphatic carbocycles. The van der Waals surface area contributed by atoms with E-state index in [2.05, 4.69) is 42.8 Å². The molecular weight excluding hydrogens is 600 g/mol. The number of ether oxygens (including phenoxy) is 2. The summed E-state index contributed by atoms with van der Waals surface area (Å²) in [6.07, 6.45) is 15.2. The molecular formula is C40H66N4O4. The van der Waals surface area contributed by atoms with E-state index in [-0.39, 0.29) is 30.1 Å². The van der Waals surface area contributed by atoms with Crippen LogP contribution in [0.15, 0.2) is 0 Å². The smallest absolute Gasteiger partial charge is 0.232 e. The minimum absolute atomic E-state index is 0.00531. The Morgan fingerprint density at radius 2 is 1.52 bits per heavy atom. The Kier molecular flexibility index (Phi) is 9.24. The molecule has 0 aromatic heterocycles. The lowest BCUT2D eigenvalue weighted by Crippen LogP contribution is -2.56. The van der Waals surface area contributed by atoms with E-state index in [4.69, 9.17) is 9.47 Å². The number of carbonyl (C=O) groups excluding carboxylic acids is 2. The van der Waals surface area contributed by atoms with Crippen molar-refractivity contribution in [3.05, 3.63) is 0 Å². The van der Waals surface area contributed by atoms with Gasteiger partial charge in [-0.2, -0.15) is 0 Å². The summed E-state index contributed by atoms with van der Waals surface area (Å²) in [7, 11) is 0. The predicted molar refractivity (Wildman–Crippen MR) is 187 cm³/mol. The standard InChI is InChI=1S/C40H66N4O4/c1-27-9-14-40(47-26-27)28(2)37-34(48-40)24-33-31-8-7-29-23-30(10-12-38(29,3)32(31)11-13-39(33,37)4)41-35(45)25-36(46)44-21-19-43(20-22-44)18-17-42-15-5-6-16-42/h27-34,37H,5-26H2,1-4H3,(H,41,45)/t27-,28-,29+,30+,31+,32-,33-,34-,37-,38-,39-,40+/m0/s1. The fourth-order valence-corrected chi connectivity index (χ4v) is 13.4. The summed E-state index contributed by atoms with van der Waals surface area (Å²) in [5.74, 6) is 4.40. The summed E-state index contributed by atoms with van der Waals surface area (Å²) in [5.41, 5.74) is 0.728. The number of hydrogen-bond acceptors (Lipinski definition) is 6. The minimum Gasteiger partial charge on any atom is -0.353 e. The van der Waals surface area contributed by atoms with E-state index in [1.54, 1.807) is 0 Å². The summed E-state index contributed by atoms with van der Waals surface area (Å²) >= 11 is 0. The van der Waals surface area contributed by atoms with Gasteiger partial charge in [0.1, 0.15) is 6.42 Å². The number of nitrogens with one attached hydrogen (secondary N) is 1. The molecule has 0 bridgehead atoms. The first-order valence-electron chi connectivity index (χ1n) is 20.4. The second kappa shape index (κ2) is 13.1. The molecule has 48 heavy (non-hydrogen) atoms. The first-order chi connectivity index (χ1) is 23.1. The number of amides is 2. The van der Waals surface area contributed by atoms with Crippen LogP contribution in [0.5, 0.6) is 0 Å². The second-order valence-corrected chi connectivity index (χ2v) is 18.7. The van der Waals surface area contributed by atoms with E-state index in [1.807, 2.05) is 4.90 Å². The third-order valence-corrected chi connectivity index (χ3v) is 16.3. The van der Waals surface area contributed by atoms with Crippen LogP contribution in [0.25, 0.3) is 0 Å². The number of piperazine rings is 1. The van der Waals surface area contributed by atoms with E-state index in [0.717, 1.165) is 82.9 Å². The van der Waals surface area contributed by atoms with E-state index >= 15 is 0 Å². The fraction of sp³-hybridized carbons (Fsp3) is 0.950. The third kappa shape index (κ3) is 5.88. The van der Waals surface area contributed by atoms with Crippen molar-refractivity contribution < 1.29 is 19.1 Å². The minimum atomic E-state index is -0.328. The van der Waals surface area contributed by atoms with Crippen LogP contribution in [0.1, 0.15) is 111 Å². The van der Waals surface area contributed by atoms with E-state index in [9.17, 15) is 9.59 Å². The van der Waals surface area contributed by atoms with Crippen molar-refractivity contribution in [2.45, 2.75) is 129 Å². The number of hydrogen-bond donors (Lipinski definition) is 1. The Balaban J connectivity index is 0.820. The van der Waals surface area contributed by atoms with Crippen LogP contribution in [0.3, 0.4) is 0 Å². The van der Waals surface area contributed by atoms with Gasteiger partial charge in [-0.3, -0.25) is 14.5 Å². The van der Waals surface area contributed by atoms with Crippen LogP contribution >= 0.6 is 0 Å². The maximum absolute atomic E-state index is 13.2. The average Bonchev–Trinajstić information content (AvgIpc) is 3.77. The summed E-state index contributed by atoms with van der Waals surface area (Å²) in [4.78, 5) is 33.2. The molecule has 270 valence electrons. The zero-order valence-corrected chi connectivity index (χ0v) is 30.7. The molecule has 4 aliphatic heterocycles. The molecule has 1 N–H and O–H groups in total. The van der Waals surface area contributed by atoms with E-state index in [1.165, 1.54) is 70.9 Å². The fourth-order valence-electron chi connectivity index (χ4n) is 13.4. The van der Waals surface area contributed by atoms with Gasteiger partial charge in [0.2, 0.25) is 11.8 Å². The van der Waals surface area contributed by atoms with Crippen LogP contribution in [0.4, 0.5) is 0 Å². The highest BCUT2D eigenvalue weighted by Gasteiger charge is 2.69. The summed E-state index contributed by atoms with van der Waals surface area (Å²) in [5, 5.41) is 3.35. The Labute approximate surface area is 290 Å². The summed E-state index contributed by atoms with van der Waals surface area (Å²) < 4.78 is 13.5. The average molecular weight is 667 g/mol. The van der Waals surface area contributed by atoms with Crippen LogP contribution < -0.4 is 5.32 Å². The van der Waals surface area contributed by atoms with Gasteiger partial charge in [0.25, 0.3) is 0 Å². The zero-order valence-electron chi connectivity index (χ0n) is 30.7. The lowest BCUT2D eigenvalue weighted by molar-refractivity contribution is -0.273. The molecule has 4 saturated heterocycles. The number of fused-ring (bicyclic) bond motifs is 7. The van der Waals surface area contributed by atoms with Crippen LogP contribution in [-0.4, -0.2) is 103 Å². The van der Waals surface area contributed by atoms with Gasteiger partial charge in [0, 0.05) is 57.6 Å². The van der Waals surface area contributed by atoms with Gasteiger partial charge in [0.15, 0.2) is 5.79 Å². The Hall–Kier alpha value is -1.22. The molecule has 8 fully saturated rings. The van der Waals surface area contributed by atoms with Crippen molar-refractivity contribution in [1.82, 2.24) is 20.0 Å². The van der Waals surface area contributed by atoms with Gasteiger partial charge < -0.3 is 24.6 Å². The van der Waals surface area contributed by atoms with Crippen molar-refractivity contribution in [2.75, 3.05) is 59.0 Å². The molecule has 8 heteroatoms. The van der Waals surface area contributed by atoms with Crippen LogP contribution in [0, 0.1) is 52.3 Å². The van der Waals surface area contributed by atoms with E-state index < -0.39 is 0 Å². The van der Waals surface area contributed by atoms with E-state index in [0.29, 0.717) is 40.6 Å². The van der Waals surface area contributed by atoms with Crippen molar-refractivity contribution in [2.24, 2.45) is 52.3 Å². The van der Waals surface area contributed by atoms with Crippen LogP contribution in [-0.2, 0) is 19.1 Å². The van der Waals surface area contributed by atoms with Gasteiger partial charge in [-0.1, -0.05) is 27.7 Å². The first kappa shape index (κ1) is 33.9. The molecule has 12 atom stereocenters. The lowest BCUT2D eigenvalue weighted by Gasteiger charge is -2.61. The topological polar surface area (TPSA) is 74.3 Å². The SMILES string of the molecule is C[C@H]1CC[C@@]2(OC1)O[C@H]1C[C@H]3[C@@H]4CC[C@@H]5C[C@H](NC(=O)CC(=O)N6CCN(CCN7CCCC7)CC6)CC[C@]5(C)[C@H]4CC[C@]3(C)[C@H]1[C@@H]2C. The molecule has 0 radical (unpaired) electrons. The van der Waals surface area contributed by atoms with Gasteiger partial charge in [-0.25, -0.2) is 0 Å². The monoisotopic (exact) mass is 667 g/mol. The molecule has 8 rings (SSSR count). The highest BCUT2D eigenvalue weighted by atomic mass is 16.7. The predicted octanol–water partition coefficient (Wildman–Crippen LogP) is 5.55. The number of likely N-dealkylation sites (tertiary alicyclic amines) is 1. The summed E-state index contributed by atoms with van der Waals surface area (Å²) in [6, 6.07) is 0.214. The van der Waals surface area contributed by atoms with Crippen molar-refractivity contribution in [3.8, 4) is 0 Å². The van der Waals surface area contributed by atoms with Crippen molar-refractivity contribution >= 4 is 11.8 Å². The molecule has 8 nitrogen and oxygen atoms in total. The maximum Gasteiger partial charge on any atom is 0.232 e.